The second-order valence-electron chi connectivity index (χ2n) is 6.35. The van der Waals surface area contributed by atoms with Gasteiger partial charge in [0.05, 0.1) is 0 Å². The zero-order valence-electron chi connectivity index (χ0n) is 16.6. The molecular formula is C21H25FN6O. The van der Waals surface area contributed by atoms with Crippen LogP contribution in [0.3, 0.4) is 0 Å². The van der Waals surface area contributed by atoms with E-state index < -0.39 is 0 Å². The fourth-order valence-corrected chi connectivity index (χ4v) is 2.75. The number of nitrogens with zero attached hydrogens (tertiary/aromatic N) is 4. The molecule has 0 fully saturated rings. The lowest BCUT2D eigenvalue weighted by Gasteiger charge is -2.13. The van der Waals surface area contributed by atoms with Gasteiger partial charge in [-0.05, 0) is 42.0 Å². The first-order valence-corrected chi connectivity index (χ1v) is 9.51. The van der Waals surface area contributed by atoms with Crippen LogP contribution < -0.4 is 15.4 Å². The highest BCUT2D eigenvalue weighted by molar-refractivity contribution is 5.79. The monoisotopic (exact) mass is 396 g/mol. The molecule has 2 aromatic carbocycles. The zero-order valence-corrected chi connectivity index (χ0v) is 16.6. The quantitative estimate of drug-likeness (QED) is 0.452. The Bertz CT molecular complexity index is 921. The van der Waals surface area contributed by atoms with E-state index in [0.29, 0.717) is 18.0 Å². The lowest BCUT2D eigenvalue weighted by atomic mass is 10.2. The van der Waals surface area contributed by atoms with Crippen molar-refractivity contribution in [2.24, 2.45) is 4.99 Å². The Balaban J connectivity index is 1.45. The summed E-state index contributed by atoms with van der Waals surface area (Å²) < 4.78 is 20.7. The first-order chi connectivity index (χ1) is 14.2. The predicted molar refractivity (Wildman–Crippen MR) is 111 cm³/mol. The summed E-state index contributed by atoms with van der Waals surface area (Å²) in [6.45, 7) is 4.18. The molecule has 0 aliphatic rings. The summed E-state index contributed by atoms with van der Waals surface area (Å²) in [5.41, 5.74) is 1.09. The minimum absolute atomic E-state index is 0.284. The van der Waals surface area contributed by atoms with Gasteiger partial charge in [0.1, 0.15) is 29.5 Å². The van der Waals surface area contributed by atoms with Gasteiger partial charge in [-0.15, -0.1) is 10.2 Å². The molecule has 0 unspecified atom stereocenters. The molecule has 0 aliphatic carbocycles. The maximum atomic E-state index is 13.0. The molecule has 29 heavy (non-hydrogen) atoms. The minimum Gasteiger partial charge on any atom is -0.457 e. The lowest BCUT2D eigenvalue weighted by molar-refractivity contribution is 0.480. The van der Waals surface area contributed by atoms with Gasteiger partial charge in [0.2, 0.25) is 0 Å². The van der Waals surface area contributed by atoms with Crippen molar-refractivity contribution in [3.63, 3.8) is 0 Å². The van der Waals surface area contributed by atoms with Gasteiger partial charge in [0.25, 0.3) is 0 Å². The molecule has 7 nitrogen and oxygen atoms in total. The molecule has 1 aromatic heterocycles. The molecule has 0 saturated carbocycles. The Morgan fingerprint density at radius 1 is 1.07 bits per heavy atom. The van der Waals surface area contributed by atoms with E-state index in [2.05, 4.69) is 32.7 Å². The number of hydrogen-bond donors (Lipinski definition) is 2. The highest BCUT2D eigenvalue weighted by atomic mass is 19.1. The number of guanidine groups is 1. The molecule has 8 heteroatoms. The van der Waals surface area contributed by atoms with E-state index in [1.807, 2.05) is 28.8 Å². The molecule has 152 valence electrons. The van der Waals surface area contributed by atoms with E-state index in [-0.39, 0.29) is 5.82 Å². The number of ether oxygens (including phenoxy) is 1. The van der Waals surface area contributed by atoms with Crippen molar-refractivity contribution in [1.82, 2.24) is 25.4 Å². The number of benzene rings is 2. The Hall–Kier alpha value is -3.42. The van der Waals surface area contributed by atoms with E-state index in [1.165, 1.54) is 12.1 Å². The van der Waals surface area contributed by atoms with E-state index in [0.717, 1.165) is 36.9 Å². The maximum absolute atomic E-state index is 13.0. The van der Waals surface area contributed by atoms with Crippen molar-refractivity contribution in [2.75, 3.05) is 13.6 Å². The van der Waals surface area contributed by atoms with Crippen molar-refractivity contribution in [3.8, 4) is 11.5 Å². The van der Waals surface area contributed by atoms with Crippen LogP contribution in [0.1, 0.15) is 18.3 Å². The number of aromatic nitrogens is 3. The van der Waals surface area contributed by atoms with Crippen LogP contribution in [0.2, 0.25) is 0 Å². The van der Waals surface area contributed by atoms with Gasteiger partial charge in [-0.25, -0.2) is 4.39 Å². The van der Waals surface area contributed by atoms with E-state index in [4.69, 9.17) is 4.74 Å². The van der Waals surface area contributed by atoms with Crippen molar-refractivity contribution in [3.05, 3.63) is 72.1 Å². The van der Waals surface area contributed by atoms with Crippen molar-refractivity contribution >= 4 is 5.96 Å². The van der Waals surface area contributed by atoms with Gasteiger partial charge < -0.3 is 19.9 Å². The van der Waals surface area contributed by atoms with Gasteiger partial charge in [-0.2, -0.15) is 0 Å². The number of aliphatic imine (C=N–C) groups is 1. The molecule has 1 heterocycles. The number of nitrogens with one attached hydrogen (secondary N) is 2. The third-order valence-electron chi connectivity index (χ3n) is 4.31. The molecule has 3 rings (SSSR count). The molecule has 0 amide bonds. The predicted octanol–water partition coefficient (Wildman–Crippen LogP) is 3.14. The first kappa shape index (κ1) is 20.3. The van der Waals surface area contributed by atoms with Crippen LogP contribution in [0.4, 0.5) is 4.39 Å². The van der Waals surface area contributed by atoms with Crippen molar-refractivity contribution in [1.29, 1.82) is 0 Å². The molecular weight excluding hydrogens is 371 g/mol. The summed E-state index contributed by atoms with van der Waals surface area (Å²) in [4.78, 5) is 4.24. The Morgan fingerprint density at radius 2 is 1.76 bits per heavy atom. The third-order valence-corrected chi connectivity index (χ3v) is 4.31. The van der Waals surface area contributed by atoms with Crippen LogP contribution >= 0.6 is 0 Å². The fraction of sp³-hybridized carbons (Fsp3) is 0.286. The Kier molecular flexibility index (Phi) is 7.16. The zero-order chi connectivity index (χ0) is 20.5. The van der Waals surface area contributed by atoms with Crippen molar-refractivity contribution < 1.29 is 9.13 Å². The Morgan fingerprint density at radius 3 is 2.41 bits per heavy atom. The molecule has 0 spiro atoms. The average molecular weight is 396 g/mol. The molecule has 3 aromatic rings. The standard InChI is InChI=1S/C21H25FN6O/c1-3-20-27-26-15-28(20)13-12-24-21(23-2)25-14-16-4-8-18(9-5-16)29-19-10-6-17(22)7-11-19/h4-11,15H,3,12-14H2,1-2H3,(H2,23,24,25). The lowest BCUT2D eigenvalue weighted by Crippen LogP contribution is -2.38. The summed E-state index contributed by atoms with van der Waals surface area (Å²) >= 11 is 0. The van der Waals surface area contributed by atoms with E-state index in [9.17, 15) is 4.39 Å². The highest BCUT2D eigenvalue weighted by Gasteiger charge is 2.03. The van der Waals surface area contributed by atoms with Gasteiger partial charge >= 0.3 is 0 Å². The minimum atomic E-state index is -0.284. The van der Waals surface area contributed by atoms with E-state index in [1.54, 1.807) is 25.5 Å². The highest BCUT2D eigenvalue weighted by Crippen LogP contribution is 2.21. The number of aryl methyl sites for hydroxylation is 1. The van der Waals surface area contributed by atoms with Crippen LogP contribution in [0.25, 0.3) is 0 Å². The van der Waals surface area contributed by atoms with Crippen LogP contribution in [-0.2, 0) is 19.5 Å². The fourth-order valence-electron chi connectivity index (χ4n) is 2.75. The summed E-state index contributed by atoms with van der Waals surface area (Å²) in [6, 6.07) is 13.7. The van der Waals surface area contributed by atoms with Crippen LogP contribution in [0.15, 0.2) is 59.9 Å². The van der Waals surface area contributed by atoms with Gasteiger partial charge in [-0.3, -0.25) is 4.99 Å². The average Bonchev–Trinajstić information content (AvgIpc) is 3.21. The largest absolute Gasteiger partial charge is 0.457 e. The maximum Gasteiger partial charge on any atom is 0.191 e. The van der Waals surface area contributed by atoms with Crippen LogP contribution in [-0.4, -0.2) is 34.3 Å². The summed E-state index contributed by atoms with van der Waals surface area (Å²) in [6.07, 6.45) is 2.60. The van der Waals surface area contributed by atoms with Crippen molar-refractivity contribution in [2.45, 2.75) is 26.4 Å². The van der Waals surface area contributed by atoms with E-state index >= 15 is 0 Å². The molecule has 0 atom stereocenters. The second kappa shape index (κ2) is 10.2. The number of hydrogen-bond acceptors (Lipinski definition) is 4. The van der Waals surface area contributed by atoms with Gasteiger partial charge in [0.15, 0.2) is 5.96 Å². The molecule has 0 radical (unpaired) electrons. The number of rotatable bonds is 8. The number of halogens is 1. The van der Waals surface area contributed by atoms with Gasteiger partial charge in [-0.1, -0.05) is 19.1 Å². The summed E-state index contributed by atoms with van der Waals surface area (Å²) in [5.74, 6) is 2.71. The smallest absolute Gasteiger partial charge is 0.191 e. The second-order valence-corrected chi connectivity index (χ2v) is 6.35. The first-order valence-electron chi connectivity index (χ1n) is 9.51. The summed E-state index contributed by atoms with van der Waals surface area (Å²) in [7, 11) is 1.74. The normalized spacial score (nSPS) is 11.3. The molecule has 2 N–H and O–H groups in total. The molecule has 0 aliphatic heterocycles. The molecule has 0 saturated heterocycles. The van der Waals surface area contributed by atoms with Crippen LogP contribution in [0.5, 0.6) is 11.5 Å². The SMILES string of the molecule is CCc1nncn1CCNC(=NC)NCc1ccc(Oc2ccc(F)cc2)cc1. The Labute approximate surface area is 169 Å². The topological polar surface area (TPSA) is 76.4 Å². The van der Waals surface area contributed by atoms with Gasteiger partial charge in [0, 0.05) is 33.1 Å². The van der Waals surface area contributed by atoms with Crippen LogP contribution in [0, 0.1) is 5.82 Å². The third kappa shape index (κ3) is 6.03. The molecule has 0 bridgehead atoms. The summed E-state index contributed by atoms with van der Waals surface area (Å²) in [5, 5.41) is 14.6.